The number of aromatic amines is 1. The van der Waals surface area contributed by atoms with E-state index in [2.05, 4.69) is 22.0 Å². The Balaban J connectivity index is 1.31. The van der Waals surface area contributed by atoms with Crippen molar-refractivity contribution in [2.45, 2.75) is 19.4 Å². The van der Waals surface area contributed by atoms with Crippen molar-refractivity contribution in [1.29, 1.82) is 0 Å². The minimum Gasteiger partial charge on any atom is -0.340 e. The van der Waals surface area contributed by atoms with Crippen LogP contribution in [0, 0.1) is 5.82 Å². The molecule has 29 heavy (non-hydrogen) atoms. The van der Waals surface area contributed by atoms with Crippen molar-refractivity contribution < 1.29 is 9.18 Å². The van der Waals surface area contributed by atoms with Gasteiger partial charge in [0.05, 0.1) is 5.52 Å². The number of hydrogen-bond donors (Lipinski definition) is 1. The van der Waals surface area contributed by atoms with E-state index in [0.717, 1.165) is 25.0 Å². The molecule has 1 saturated heterocycles. The molecule has 2 heterocycles. The number of halogens is 1. The van der Waals surface area contributed by atoms with Crippen LogP contribution in [0.3, 0.4) is 0 Å². The summed E-state index contributed by atoms with van der Waals surface area (Å²) in [6, 6.07) is 16.4. The third kappa shape index (κ3) is 4.71. The van der Waals surface area contributed by atoms with Crippen LogP contribution in [-0.2, 0) is 17.8 Å². The van der Waals surface area contributed by atoms with Crippen molar-refractivity contribution in [2.24, 2.45) is 0 Å². The number of hydrogen-bond acceptors (Lipinski definition) is 3. The Hall–Kier alpha value is -2.99. The van der Waals surface area contributed by atoms with Crippen LogP contribution in [0.15, 0.2) is 59.4 Å². The molecule has 1 amide bonds. The minimum atomic E-state index is -0.387. The van der Waals surface area contributed by atoms with Gasteiger partial charge >= 0.3 is 0 Å². The lowest BCUT2D eigenvalue weighted by Gasteiger charge is -2.34. The number of pyridine rings is 1. The zero-order chi connectivity index (χ0) is 20.2. The number of aromatic nitrogens is 1. The highest BCUT2D eigenvalue weighted by Crippen LogP contribution is 2.14. The number of benzene rings is 2. The zero-order valence-corrected chi connectivity index (χ0v) is 16.2. The Morgan fingerprint density at radius 3 is 2.52 bits per heavy atom. The van der Waals surface area contributed by atoms with Gasteiger partial charge in [-0.05, 0) is 41.6 Å². The van der Waals surface area contributed by atoms with Crippen LogP contribution < -0.4 is 5.56 Å². The second kappa shape index (κ2) is 8.57. The monoisotopic (exact) mass is 393 g/mol. The summed E-state index contributed by atoms with van der Waals surface area (Å²) in [4.78, 5) is 31.8. The van der Waals surface area contributed by atoms with Gasteiger partial charge in [-0.2, -0.15) is 0 Å². The third-order valence-electron chi connectivity index (χ3n) is 5.47. The predicted molar refractivity (Wildman–Crippen MR) is 111 cm³/mol. The van der Waals surface area contributed by atoms with Gasteiger partial charge in [-0.3, -0.25) is 14.5 Å². The van der Waals surface area contributed by atoms with Gasteiger partial charge in [0.2, 0.25) is 5.91 Å². The molecular formula is C23H24FN3O2. The zero-order valence-electron chi connectivity index (χ0n) is 16.2. The largest absolute Gasteiger partial charge is 0.340 e. The second-order valence-corrected chi connectivity index (χ2v) is 7.50. The van der Waals surface area contributed by atoms with E-state index in [4.69, 9.17) is 0 Å². The number of carbonyl (C=O) groups is 1. The summed E-state index contributed by atoms with van der Waals surface area (Å²) in [5.74, 6) is -0.314. The Labute approximate surface area is 168 Å². The third-order valence-corrected chi connectivity index (χ3v) is 5.47. The molecule has 1 fully saturated rings. The smallest absolute Gasteiger partial charge is 0.251 e. The lowest BCUT2D eigenvalue weighted by molar-refractivity contribution is -0.133. The lowest BCUT2D eigenvalue weighted by atomic mass is 10.1. The van der Waals surface area contributed by atoms with E-state index in [-0.39, 0.29) is 17.3 Å². The maximum atomic E-state index is 13.3. The molecule has 0 aliphatic carbocycles. The highest BCUT2D eigenvalue weighted by molar-refractivity contribution is 5.79. The first-order chi connectivity index (χ1) is 14.1. The maximum absolute atomic E-state index is 13.3. The van der Waals surface area contributed by atoms with Crippen molar-refractivity contribution in [3.05, 3.63) is 81.9 Å². The van der Waals surface area contributed by atoms with Crippen LogP contribution in [0.2, 0.25) is 0 Å². The Morgan fingerprint density at radius 1 is 1.00 bits per heavy atom. The van der Waals surface area contributed by atoms with E-state index >= 15 is 0 Å². The van der Waals surface area contributed by atoms with E-state index in [0.29, 0.717) is 37.0 Å². The Morgan fingerprint density at radius 2 is 1.76 bits per heavy atom. The molecule has 1 aliphatic rings. The van der Waals surface area contributed by atoms with Crippen LogP contribution in [0.25, 0.3) is 10.9 Å². The van der Waals surface area contributed by atoms with Crippen LogP contribution >= 0.6 is 0 Å². The molecule has 1 N–H and O–H groups in total. The van der Waals surface area contributed by atoms with Crippen molar-refractivity contribution in [1.82, 2.24) is 14.8 Å². The summed E-state index contributed by atoms with van der Waals surface area (Å²) in [6.07, 6.45) is 0.681. The first-order valence-electron chi connectivity index (χ1n) is 9.94. The minimum absolute atomic E-state index is 0.0722. The second-order valence-electron chi connectivity index (χ2n) is 7.50. The first kappa shape index (κ1) is 19.3. The molecule has 1 aromatic heterocycles. The van der Waals surface area contributed by atoms with Crippen LogP contribution in [-0.4, -0.2) is 46.9 Å². The van der Waals surface area contributed by atoms with Gasteiger partial charge < -0.3 is 9.88 Å². The van der Waals surface area contributed by atoms with Crippen LogP contribution in [0.5, 0.6) is 0 Å². The average Bonchev–Trinajstić information content (AvgIpc) is 2.73. The van der Waals surface area contributed by atoms with E-state index < -0.39 is 0 Å². The quantitative estimate of drug-likeness (QED) is 0.725. The molecule has 0 spiro atoms. The van der Waals surface area contributed by atoms with E-state index in [1.54, 1.807) is 12.1 Å². The molecular weight excluding hydrogens is 369 g/mol. The summed E-state index contributed by atoms with van der Waals surface area (Å²) < 4.78 is 13.3. The van der Waals surface area contributed by atoms with Crippen molar-refractivity contribution in [2.75, 3.05) is 26.2 Å². The van der Waals surface area contributed by atoms with E-state index in [1.165, 1.54) is 17.7 Å². The molecule has 1 aliphatic heterocycles. The molecule has 3 aromatic rings. The number of nitrogens with zero attached hydrogens (tertiary/aromatic N) is 2. The molecule has 4 rings (SSSR count). The number of carbonyl (C=O) groups excluding carboxylic acids is 1. The summed E-state index contributed by atoms with van der Waals surface area (Å²) in [6.45, 7) is 4.01. The number of H-pyrrole nitrogens is 1. The number of amides is 1. The van der Waals surface area contributed by atoms with Crippen molar-refractivity contribution in [3.8, 4) is 0 Å². The number of fused-ring (bicyclic) bond motifs is 1. The molecule has 6 heteroatoms. The van der Waals surface area contributed by atoms with Gasteiger partial charge in [0.25, 0.3) is 5.56 Å². The van der Waals surface area contributed by atoms with Gasteiger partial charge in [-0.25, -0.2) is 4.39 Å². The molecule has 0 bridgehead atoms. The van der Waals surface area contributed by atoms with Crippen LogP contribution in [0.1, 0.15) is 17.5 Å². The van der Waals surface area contributed by atoms with Gasteiger partial charge in [0.1, 0.15) is 5.82 Å². The summed E-state index contributed by atoms with van der Waals surface area (Å²) in [5.41, 5.74) is 2.05. The number of piperazine rings is 1. The molecule has 0 unspecified atom stereocenters. The fourth-order valence-electron chi connectivity index (χ4n) is 3.80. The van der Waals surface area contributed by atoms with Gasteiger partial charge in [0.15, 0.2) is 0 Å². The Bertz CT molecular complexity index is 1060. The Kier molecular flexibility index (Phi) is 5.71. The SMILES string of the molecule is O=C(CCc1cc2ccc(F)cc2[nH]c1=O)N1CCN(Cc2ccccc2)CC1. The highest BCUT2D eigenvalue weighted by Gasteiger charge is 2.21. The summed E-state index contributed by atoms with van der Waals surface area (Å²) in [7, 11) is 0. The van der Waals surface area contributed by atoms with Gasteiger partial charge in [-0.1, -0.05) is 30.3 Å². The van der Waals surface area contributed by atoms with E-state index in [9.17, 15) is 14.0 Å². The average molecular weight is 393 g/mol. The highest BCUT2D eigenvalue weighted by atomic mass is 19.1. The number of aryl methyl sites for hydroxylation is 1. The van der Waals surface area contributed by atoms with Crippen LogP contribution in [0.4, 0.5) is 4.39 Å². The standard InChI is InChI=1S/C23H24FN3O2/c24-20-8-6-18-14-19(23(29)25-21(18)15-20)7-9-22(28)27-12-10-26(11-13-27)16-17-4-2-1-3-5-17/h1-6,8,14-15H,7,9-13,16H2,(H,25,29). The lowest BCUT2D eigenvalue weighted by Crippen LogP contribution is -2.48. The number of rotatable bonds is 5. The predicted octanol–water partition coefficient (Wildman–Crippen LogP) is 2.94. The van der Waals surface area contributed by atoms with Crippen molar-refractivity contribution >= 4 is 16.8 Å². The van der Waals surface area contributed by atoms with Crippen molar-refractivity contribution in [3.63, 3.8) is 0 Å². The normalized spacial score (nSPS) is 15.0. The fraction of sp³-hybridized carbons (Fsp3) is 0.304. The molecule has 0 radical (unpaired) electrons. The topological polar surface area (TPSA) is 56.4 Å². The summed E-state index contributed by atoms with van der Waals surface area (Å²) in [5, 5.41) is 0.767. The van der Waals surface area contributed by atoms with E-state index in [1.807, 2.05) is 23.1 Å². The summed E-state index contributed by atoms with van der Waals surface area (Å²) >= 11 is 0. The molecule has 0 saturated carbocycles. The molecule has 150 valence electrons. The van der Waals surface area contributed by atoms with Gasteiger partial charge in [-0.15, -0.1) is 0 Å². The maximum Gasteiger partial charge on any atom is 0.251 e. The number of nitrogens with one attached hydrogen (secondary N) is 1. The van der Waals surface area contributed by atoms with Gasteiger partial charge in [0, 0.05) is 44.7 Å². The fourth-order valence-corrected chi connectivity index (χ4v) is 3.80. The molecule has 0 atom stereocenters. The molecule has 2 aromatic carbocycles. The molecule has 5 nitrogen and oxygen atoms in total. The first-order valence-corrected chi connectivity index (χ1v) is 9.94.